The van der Waals surface area contributed by atoms with Gasteiger partial charge in [0.2, 0.25) is 5.16 Å². The van der Waals surface area contributed by atoms with Crippen LogP contribution in [0.5, 0.6) is 0 Å². The Bertz CT molecular complexity index is 962. The van der Waals surface area contributed by atoms with Crippen LogP contribution in [0, 0.1) is 10.6 Å². The van der Waals surface area contributed by atoms with Crippen LogP contribution in [0.3, 0.4) is 0 Å². The van der Waals surface area contributed by atoms with Gasteiger partial charge in [-0.3, -0.25) is 9.35 Å². The lowest BCUT2D eigenvalue weighted by molar-refractivity contribution is 0.626. The van der Waals surface area contributed by atoms with Crippen molar-refractivity contribution in [2.75, 3.05) is 11.5 Å². The van der Waals surface area contributed by atoms with Crippen molar-refractivity contribution in [3.8, 4) is 0 Å². The number of nitrogen functional groups attached to an aromatic ring is 1. The molecule has 1 unspecified atom stereocenters. The van der Waals surface area contributed by atoms with Gasteiger partial charge in [-0.05, 0) is 34.8 Å². The van der Waals surface area contributed by atoms with E-state index in [0.717, 1.165) is 12.0 Å². The van der Waals surface area contributed by atoms with Gasteiger partial charge in [-0.2, -0.15) is 0 Å². The summed E-state index contributed by atoms with van der Waals surface area (Å²) in [5.74, 6) is 0.458. The molecule has 1 atom stereocenters. The van der Waals surface area contributed by atoms with Crippen molar-refractivity contribution >= 4 is 27.7 Å². The maximum atomic E-state index is 13.0. The fourth-order valence-corrected chi connectivity index (χ4v) is 3.35. The smallest absolute Gasteiger partial charge is 0.328 e. The average molecular weight is 348 g/mol. The number of hydrogen-bond acceptors (Lipinski definition) is 5. The number of halogens is 1. The summed E-state index contributed by atoms with van der Waals surface area (Å²) in [6.45, 7) is 2.21. The molecule has 0 radical (unpaired) electrons. The number of aromatic amines is 1. The Labute approximate surface area is 139 Å². The van der Waals surface area contributed by atoms with Gasteiger partial charge in [-0.25, -0.2) is 19.2 Å². The minimum Gasteiger partial charge on any atom is -0.382 e. The minimum atomic E-state index is -0.879. The highest BCUT2D eigenvalue weighted by atomic mass is 32.2. The Morgan fingerprint density at radius 1 is 1.33 bits per heavy atom. The molecule has 7 nitrogen and oxygen atoms in total. The van der Waals surface area contributed by atoms with Gasteiger partial charge in [0.05, 0.1) is 6.54 Å². The summed E-state index contributed by atoms with van der Waals surface area (Å²) in [5.41, 5.74) is 7.05. The number of aromatic nitrogens is 4. The summed E-state index contributed by atoms with van der Waals surface area (Å²) in [5, 5.41) is 0.328. The van der Waals surface area contributed by atoms with E-state index < -0.39 is 10.7 Å². The molecule has 24 heavy (non-hydrogen) atoms. The molecule has 4 N–H and O–H groups in total. The molecular formula is C15H17FN6OS. The third-order valence-electron chi connectivity index (χ3n) is 3.51. The van der Waals surface area contributed by atoms with E-state index in [0.29, 0.717) is 22.1 Å². The van der Waals surface area contributed by atoms with E-state index in [4.69, 9.17) is 10.5 Å². The first-order valence-corrected chi connectivity index (χ1v) is 8.81. The van der Waals surface area contributed by atoms with E-state index in [2.05, 4.69) is 15.0 Å². The molecule has 0 fully saturated rings. The maximum absolute atomic E-state index is 13.0. The average Bonchev–Trinajstić information content (AvgIpc) is 2.87. The van der Waals surface area contributed by atoms with Gasteiger partial charge in [-0.15, -0.1) is 0 Å². The van der Waals surface area contributed by atoms with Crippen LogP contribution in [0.25, 0.3) is 11.2 Å². The highest BCUT2D eigenvalue weighted by Crippen LogP contribution is 2.17. The third kappa shape index (κ3) is 3.07. The molecule has 2 heterocycles. The Hall–Kier alpha value is -2.55. The number of nitrogens with one attached hydrogen (secondary N) is 2. The van der Waals surface area contributed by atoms with Crippen molar-refractivity contribution in [2.24, 2.45) is 0 Å². The number of anilines is 1. The van der Waals surface area contributed by atoms with Gasteiger partial charge < -0.3 is 10.7 Å². The van der Waals surface area contributed by atoms with Crippen LogP contribution in [0.1, 0.15) is 18.9 Å². The molecule has 3 aromatic rings. The first kappa shape index (κ1) is 16.3. The summed E-state index contributed by atoms with van der Waals surface area (Å²) in [6, 6.07) is 5.90. The molecule has 0 aliphatic rings. The van der Waals surface area contributed by atoms with Crippen LogP contribution in [-0.2, 0) is 17.2 Å². The minimum absolute atomic E-state index is 0.158. The monoisotopic (exact) mass is 348 g/mol. The Morgan fingerprint density at radius 3 is 2.71 bits per heavy atom. The maximum Gasteiger partial charge on any atom is 0.328 e. The van der Waals surface area contributed by atoms with E-state index in [9.17, 15) is 9.18 Å². The van der Waals surface area contributed by atoms with E-state index in [1.54, 1.807) is 12.1 Å². The number of rotatable bonds is 5. The lowest BCUT2D eigenvalue weighted by Crippen LogP contribution is -2.18. The number of imidazole rings is 1. The fraction of sp³-hybridized carbons (Fsp3) is 0.267. The second-order valence-corrected chi connectivity index (χ2v) is 6.88. The van der Waals surface area contributed by atoms with E-state index >= 15 is 0 Å². The molecule has 0 saturated carbocycles. The topological polar surface area (TPSA) is 113 Å². The van der Waals surface area contributed by atoms with Gasteiger partial charge in [0.1, 0.15) is 11.3 Å². The van der Waals surface area contributed by atoms with E-state index in [-0.39, 0.29) is 23.9 Å². The van der Waals surface area contributed by atoms with Crippen molar-refractivity contribution in [2.45, 2.75) is 25.0 Å². The van der Waals surface area contributed by atoms with Crippen LogP contribution in [0.15, 0.2) is 34.2 Å². The highest BCUT2D eigenvalue weighted by Gasteiger charge is 2.15. The van der Waals surface area contributed by atoms with Gasteiger partial charge in [0.25, 0.3) is 0 Å². The van der Waals surface area contributed by atoms with Gasteiger partial charge in [0, 0.05) is 5.75 Å². The summed E-state index contributed by atoms with van der Waals surface area (Å²) in [6.07, 6.45) is 0.837. The molecule has 0 amide bonds. The van der Waals surface area contributed by atoms with Crippen molar-refractivity contribution in [3.63, 3.8) is 0 Å². The normalized spacial score (nSPS) is 12.6. The van der Waals surface area contributed by atoms with Gasteiger partial charge in [-0.1, -0.05) is 19.1 Å². The zero-order valence-electron chi connectivity index (χ0n) is 13.0. The summed E-state index contributed by atoms with van der Waals surface area (Å²) >= 11 is 0. The lowest BCUT2D eigenvalue weighted by atomic mass is 10.2. The lowest BCUT2D eigenvalue weighted by Gasteiger charge is -2.07. The standard InChI is InChI=1S/C15H17FN6OS/c1-2-7-24(18)14-20-12(17)11-13(21-14)22(15(23)19-11)8-9-3-5-10(16)6-4-9/h3-6,18H,2,7-8H2,1H3,(H,19,23)(H2,17,20,21). The van der Waals surface area contributed by atoms with Crippen LogP contribution in [-0.4, -0.2) is 25.3 Å². The number of hydrogen-bond donors (Lipinski definition) is 3. The zero-order chi connectivity index (χ0) is 17.3. The Balaban J connectivity index is 2.09. The molecule has 126 valence electrons. The molecule has 3 rings (SSSR count). The molecular weight excluding hydrogens is 331 g/mol. The summed E-state index contributed by atoms with van der Waals surface area (Å²) in [7, 11) is -0.879. The highest BCUT2D eigenvalue weighted by molar-refractivity contribution is 7.85. The molecule has 1 aromatic carbocycles. The van der Waals surface area contributed by atoms with Crippen LogP contribution in [0.2, 0.25) is 0 Å². The van der Waals surface area contributed by atoms with Crippen molar-refractivity contribution < 1.29 is 4.39 Å². The first-order chi connectivity index (χ1) is 11.5. The van der Waals surface area contributed by atoms with Crippen LogP contribution in [0.4, 0.5) is 10.2 Å². The number of nitrogens with zero attached hydrogens (tertiary/aromatic N) is 3. The Kier molecular flexibility index (Phi) is 4.43. The number of fused-ring (bicyclic) bond motifs is 1. The zero-order valence-corrected chi connectivity index (χ0v) is 13.9. The Morgan fingerprint density at radius 2 is 2.04 bits per heavy atom. The quantitative estimate of drug-likeness (QED) is 0.612. The summed E-state index contributed by atoms with van der Waals surface area (Å²) in [4.78, 5) is 23.4. The van der Waals surface area contributed by atoms with E-state index in [1.807, 2.05) is 6.92 Å². The number of nitrogens with two attached hydrogens (primary N) is 1. The molecule has 2 aromatic heterocycles. The fourth-order valence-electron chi connectivity index (χ4n) is 2.36. The number of H-pyrrole nitrogens is 1. The van der Waals surface area contributed by atoms with Crippen LogP contribution < -0.4 is 11.4 Å². The van der Waals surface area contributed by atoms with Crippen molar-refractivity contribution in [3.05, 3.63) is 46.1 Å². The summed E-state index contributed by atoms with van der Waals surface area (Å²) < 4.78 is 22.6. The molecule has 0 aliphatic heterocycles. The molecule has 0 aliphatic carbocycles. The van der Waals surface area contributed by atoms with E-state index in [1.165, 1.54) is 16.7 Å². The van der Waals surface area contributed by atoms with Gasteiger partial charge in [0.15, 0.2) is 11.5 Å². The van der Waals surface area contributed by atoms with Crippen molar-refractivity contribution in [1.29, 1.82) is 4.78 Å². The first-order valence-electron chi connectivity index (χ1n) is 7.42. The predicted octanol–water partition coefficient (Wildman–Crippen LogP) is 2.04. The molecule has 9 heteroatoms. The number of benzene rings is 1. The third-order valence-corrected chi connectivity index (χ3v) is 4.95. The molecule has 0 saturated heterocycles. The molecule has 0 bridgehead atoms. The second kappa shape index (κ2) is 6.52. The molecule has 0 spiro atoms. The predicted molar refractivity (Wildman–Crippen MR) is 91.6 cm³/mol. The van der Waals surface area contributed by atoms with Crippen LogP contribution >= 0.6 is 0 Å². The largest absolute Gasteiger partial charge is 0.382 e. The van der Waals surface area contributed by atoms with Gasteiger partial charge >= 0.3 is 5.69 Å². The second-order valence-electron chi connectivity index (χ2n) is 5.33. The SMILES string of the molecule is CCCS(=N)c1nc(N)c2[nH]c(=O)n(Cc3ccc(F)cc3)c2n1. The van der Waals surface area contributed by atoms with Crippen molar-refractivity contribution in [1.82, 2.24) is 19.5 Å².